The first-order chi connectivity index (χ1) is 22.2. The van der Waals surface area contributed by atoms with Crippen LogP contribution in [0.5, 0.6) is 0 Å². The molecule has 3 aromatic heterocycles. The van der Waals surface area contributed by atoms with Crippen molar-refractivity contribution in [3.63, 3.8) is 0 Å². The molecule has 6 rings (SSSR count). The fraction of sp³-hybridized carbons (Fsp3) is 0.394. The largest absolute Gasteiger partial charge is 0.443 e. The number of H-pyrrole nitrogens is 2. The van der Waals surface area contributed by atoms with Crippen LogP contribution in [0.4, 0.5) is 0 Å². The highest BCUT2D eigenvalue weighted by molar-refractivity contribution is 5.98. The van der Waals surface area contributed by atoms with Gasteiger partial charge in [0.25, 0.3) is 17.4 Å². The maximum absolute atomic E-state index is 13.9. The van der Waals surface area contributed by atoms with Gasteiger partial charge in [-0.1, -0.05) is 18.2 Å². The molecule has 0 unspecified atom stereocenters. The molecule has 0 spiro atoms. The Kier molecular flexibility index (Phi) is 8.73. The number of fused-ring (bicyclic) bond motifs is 4. The van der Waals surface area contributed by atoms with Crippen LogP contribution in [0.15, 0.2) is 45.7 Å². The average Bonchev–Trinajstić information content (AvgIpc) is 3.77. The highest BCUT2D eigenvalue weighted by atomic mass is 16.4. The Morgan fingerprint density at radius 3 is 2.72 bits per heavy atom. The summed E-state index contributed by atoms with van der Waals surface area (Å²) in [6, 6.07) is 6.44. The third-order valence-electron chi connectivity index (χ3n) is 8.65. The second kappa shape index (κ2) is 13.0. The molecule has 0 saturated carbocycles. The van der Waals surface area contributed by atoms with Crippen LogP contribution in [-0.4, -0.2) is 57.2 Å². The van der Waals surface area contributed by atoms with Crippen molar-refractivity contribution in [1.29, 1.82) is 0 Å². The van der Waals surface area contributed by atoms with Gasteiger partial charge in [0.05, 0.1) is 0 Å². The number of aryl methyl sites for hydroxylation is 3. The zero-order chi connectivity index (χ0) is 32.4. The van der Waals surface area contributed by atoms with Crippen molar-refractivity contribution in [3.8, 4) is 0 Å². The molecule has 4 heterocycles. The fourth-order valence-electron chi connectivity index (χ4n) is 6.14. The summed E-state index contributed by atoms with van der Waals surface area (Å²) < 4.78 is 5.73. The smallest absolute Gasteiger partial charge is 0.273 e. The molecule has 3 atom stereocenters. The Balaban J connectivity index is 1.29. The highest BCUT2D eigenvalue weighted by Gasteiger charge is 2.31. The summed E-state index contributed by atoms with van der Waals surface area (Å²) in [6.45, 7) is 3.62. The Labute approximate surface area is 264 Å². The Hall–Kier alpha value is -5.20. The van der Waals surface area contributed by atoms with Gasteiger partial charge in [0, 0.05) is 35.8 Å². The van der Waals surface area contributed by atoms with E-state index in [1.807, 2.05) is 24.3 Å². The molecule has 46 heavy (non-hydrogen) atoms. The number of benzene rings is 1. The summed E-state index contributed by atoms with van der Waals surface area (Å²) in [6.07, 6.45) is 5.53. The molecule has 1 aromatic carbocycles. The minimum absolute atomic E-state index is 0.0605. The predicted molar refractivity (Wildman–Crippen MR) is 168 cm³/mol. The first kappa shape index (κ1) is 30.8. The Bertz CT molecular complexity index is 1870. The van der Waals surface area contributed by atoms with E-state index in [1.54, 1.807) is 26.1 Å². The van der Waals surface area contributed by atoms with Crippen LogP contribution in [0, 0.1) is 6.92 Å². The number of nitrogens with zero attached hydrogens (tertiary/aromatic N) is 1. The molecule has 0 radical (unpaired) electrons. The lowest BCUT2D eigenvalue weighted by atomic mass is 10.0. The average molecular weight is 628 g/mol. The van der Waals surface area contributed by atoms with E-state index in [2.05, 4.69) is 36.2 Å². The van der Waals surface area contributed by atoms with Crippen LogP contribution in [0.1, 0.15) is 88.0 Å². The minimum Gasteiger partial charge on any atom is -0.443 e. The molecule has 2 aliphatic rings. The summed E-state index contributed by atoms with van der Waals surface area (Å²) in [5, 5.41) is 12.2. The number of amides is 4. The van der Waals surface area contributed by atoms with Gasteiger partial charge >= 0.3 is 0 Å². The van der Waals surface area contributed by atoms with E-state index in [4.69, 9.17) is 4.42 Å². The highest BCUT2D eigenvalue weighted by Crippen LogP contribution is 2.22. The quantitative estimate of drug-likeness (QED) is 0.200. The number of carbonyl (C=O) groups excluding carboxylic acids is 4. The van der Waals surface area contributed by atoms with Gasteiger partial charge in [0.15, 0.2) is 5.69 Å². The van der Waals surface area contributed by atoms with E-state index >= 15 is 0 Å². The van der Waals surface area contributed by atoms with Crippen LogP contribution in [-0.2, 0) is 28.9 Å². The van der Waals surface area contributed by atoms with Gasteiger partial charge in [-0.25, -0.2) is 4.98 Å². The van der Waals surface area contributed by atoms with Crippen molar-refractivity contribution in [3.05, 3.63) is 86.6 Å². The van der Waals surface area contributed by atoms with E-state index in [9.17, 15) is 24.0 Å². The molecule has 0 saturated heterocycles. The number of carbonyl (C=O) groups is 4. The summed E-state index contributed by atoms with van der Waals surface area (Å²) in [5.41, 5.74) is 3.02. The number of para-hydroxylation sites is 1. The molecule has 13 nitrogen and oxygen atoms in total. The lowest BCUT2D eigenvalue weighted by Crippen LogP contribution is -2.55. The lowest BCUT2D eigenvalue weighted by molar-refractivity contribution is -0.130. The molecule has 4 amide bonds. The molecular weight excluding hydrogens is 590 g/mol. The first-order valence-electron chi connectivity index (χ1n) is 15.6. The van der Waals surface area contributed by atoms with Crippen molar-refractivity contribution in [2.75, 3.05) is 6.54 Å². The van der Waals surface area contributed by atoms with Crippen molar-refractivity contribution in [1.82, 2.24) is 36.2 Å². The van der Waals surface area contributed by atoms with Crippen molar-refractivity contribution < 1.29 is 23.6 Å². The van der Waals surface area contributed by atoms with Crippen molar-refractivity contribution in [2.45, 2.75) is 76.9 Å². The number of oxazole rings is 1. The molecular formula is C33H37N7O6. The normalized spacial score (nSPS) is 20.9. The monoisotopic (exact) mass is 627 g/mol. The number of hydrogen-bond acceptors (Lipinski definition) is 7. The predicted octanol–water partition coefficient (Wildman–Crippen LogP) is 2.26. The third kappa shape index (κ3) is 6.44. The summed E-state index contributed by atoms with van der Waals surface area (Å²) in [7, 11) is 0. The number of aromatic amines is 2. The molecule has 0 fully saturated rings. The van der Waals surface area contributed by atoms with Crippen molar-refractivity contribution >= 4 is 34.5 Å². The number of pyridine rings is 1. The van der Waals surface area contributed by atoms with E-state index < -0.39 is 47.3 Å². The van der Waals surface area contributed by atoms with Crippen LogP contribution in [0.3, 0.4) is 0 Å². The maximum Gasteiger partial charge on any atom is 0.273 e. The number of aromatic nitrogens is 3. The van der Waals surface area contributed by atoms with E-state index in [0.717, 1.165) is 47.0 Å². The fourth-order valence-corrected chi connectivity index (χ4v) is 6.14. The molecule has 240 valence electrons. The van der Waals surface area contributed by atoms with Gasteiger partial charge < -0.3 is 35.7 Å². The Morgan fingerprint density at radius 2 is 1.87 bits per heavy atom. The summed E-state index contributed by atoms with van der Waals surface area (Å²) in [5.74, 6) is -1.66. The third-order valence-corrected chi connectivity index (χ3v) is 8.65. The zero-order valence-electron chi connectivity index (χ0n) is 25.7. The second-order valence-electron chi connectivity index (χ2n) is 12.0. The number of hydrogen-bond donors (Lipinski definition) is 6. The molecule has 1 aliphatic heterocycles. The van der Waals surface area contributed by atoms with Gasteiger partial charge in [-0.15, -0.1) is 0 Å². The Morgan fingerprint density at radius 1 is 1.04 bits per heavy atom. The second-order valence-corrected chi connectivity index (χ2v) is 12.0. The maximum atomic E-state index is 13.9. The molecule has 6 N–H and O–H groups in total. The standard InChI is InChI=1S/C33H37N7O6/c1-17-33-40-27(18(2)46-33)32(45)34-13-6-5-11-25(38-29(42)22-14-19-8-7-12-23(19)37-28(22)41)30(43)39-26(31(44)36-17)15-20-16-35-24-10-4-3-9-21(20)24/h3-4,9-10,14,16-17,25-26,35H,5-8,11-13,15H2,1-2H3,(H,34,45)(H,36,44)(H,37,41)(H,38,42)(H,39,43)/t17-,25+,26-/m1/s1. The molecule has 4 aromatic rings. The SMILES string of the molecule is Cc1oc2nc1C(=O)NCCCC[C@H](NC(=O)c1cc3c([nH]c1=O)CCC3)C(=O)N[C@H](Cc1c[nH]c3ccccc13)C(=O)N[C@@H]2C. The lowest BCUT2D eigenvalue weighted by Gasteiger charge is -2.24. The topological polar surface area (TPSA) is 191 Å². The van der Waals surface area contributed by atoms with Gasteiger partial charge in [0.2, 0.25) is 17.7 Å². The van der Waals surface area contributed by atoms with E-state index in [1.165, 1.54) is 0 Å². The van der Waals surface area contributed by atoms with Crippen LogP contribution >= 0.6 is 0 Å². The van der Waals surface area contributed by atoms with Gasteiger partial charge in [-0.05, 0) is 75.6 Å². The molecule has 2 bridgehead atoms. The summed E-state index contributed by atoms with van der Waals surface area (Å²) in [4.78, 5) is 77.0. The molecule has 13 heteroatoms. The first-order valence-corrected chi connectivity index (χ1v) is 15.6. The van der Waals surface area contributed by atoms with Crippen molar-refractivity contribution in [2.24, 2.45) is 0 Å². The van der Waals surface area contributed by atoms with Crippen LogP contribution in [0.25, 0.3) is 10.9 Å². The number of rotatable bonds is 4. The van der Waals surface area contributed by atoms with E-state index in [0.29, 0.717) is 25.1 Å². The zero-order valence-corrected chi connectivity index (χ0v) is 25.7. The van der Waals surface area contributed by atoms with E-state index in [-0.39, 0.29) is 30.0 Å². The molecule has 1 aliphatic carbocycles. The van der Waals surface area contributed by atoms with Gasteiger partial charge in [-0.2, -0.15) is 0 Å². The van der Waals surface area contributed by atoms with Gasteiger partial charge in [-0.3, -0.25) is 24.0 Å². The summed E-state index contributed by atoms with van der Waals surface area (Å²) >= 11 is 0. The number of nitrogens with one attached hydrogen (secondary N) is 6. The van der Waals surface area contributed by atoms with Crippen LogP contribution < -0.4 is 26.8 Å². The van der Waals surface area contributed by atoms with Crippen LogP contribution in [0.2, 0.25) is 0 Å². The van der Waals surface area contributed by atoms with Gasteiger partial charge in [0.1, 0.15) is 29.4 Å². The minimum atomic E-state index is -1.05.